The summed E-state index contributed by atoms with van der Waals surface area (Å²) in [6, 6.07) is 73.0. The fourth-order valence-electron chi connectivity index (χ4n) is 11.7. The van der Waals surface area contributed by atoms with Gasteiger partial charge < -0.3 is 0 Å². The first kappa shape index (κ1) is 33.7. The van der Waals surface area contributed by atoms with Crippen molar-refractivity contribution in [2.45, 2.75) is 10.8 Å². The van der Waals surface area contributed by atoms with Crippen molar-refractivity contribution in [3.05, 3.63) is 251 Å². The number of hydrogen-bond donors (Lipinski definition) is 0. The summed E-state index contributed by atoms with van der Waals surface area (Å²) < 4.78 is 0. The molecule has 0 atom stereocenters. The number of aromatic nitrogens is 4. The Morgan fingerprint density at radius 2 is 0.613 bits per heavy atom. The van der Waals surface area contributed by atoms with Gasteiger partial charge in [0.1, 0.15) is 5.69 Å². The predicted octanol–water partition coefficient (Wildman–Crippen LogP) is 13.0. The first-order valence-corrected chi connectivity index (χ1v) is 21.3. The van der Waals surface area contributed by atoms with E-state index in [1.165, 1.54) is 89.0 Å². The Morgan fingerprint density at radius 3 is 1.08 bits per heavy atom. The molecule has 0 unspecified atom stereocenters. The maximum Gasteiger partial charge on any atom is 0.182 e. The Hall–Kier alpha value is -8.08. The lowest BCUT2D eigenvalue weighted by atomic mass is 9.70. The lowest BCUT2D eigenvalue weighted by molar-refractivity contribution is 0.793. The zero-order valence-electron chi connectivity index (χ0n) is 33.4. The van der Waals surface area contributed by atoms with Crippen LogP contribution in [0.3, 0.4) is 0 Å². The number of pyridine rings is 1. The molecule has 0 amide bonds. The molecule has 2 spiro atoms. The number of nitrogens with zero attached hydrogens (tertiary/aromatic N) is 4. The first-order valence-electron chi connectivity index (χ1n) is 21.3. The molecule has 14 rings (SSSR count). The minimum atomic E-state index is -0.477. The van der Waals surface area contributed by atoms with Crippen molar-refractivity contribution in [3.63, 3.8) is 0 Å². The normalized spacial score (nSPS) is 14.4. The summed E-state index contributed by atoms with van der Waals surface area (Å²) in [7, 11) is 0. The highest BCUT2D eigenvalue weighted by atomic mass is 15.0. The molecule has 0 saturated carbocycles. The molecule has 0 radical (unpaired) electrons. The van der Waals surface area contributed by atoms with Gasteiger partial charge in [-0.25, -0.2) is 15.0 Å². The van der Waals surface area contributed by atoms with E-state index in [9.17, 15) is 0 Å². The van der Waals surface area contributed by atoms with Crippen molar-refractivity contribution in [2.75, 3.05) is 0 Å². The molecular formula is C58H34N4. The minimum Gasteiger partial charge on any atom is -0.253 e. The lowest BCUT2D eigenvalue weighted by Crippen LogP contribution is -2.25. The number of fused-ring (bicyclic) bond motifs is 20. The van der Waals surface area contributed by atoms with Crippen molar-refractivity contribution >= 4 is 0 Å². The van der Waals surface area contributed by atoms with Gasteiger partial charge in [0.2, 0.25) is 0 Å². The van der Waals surface area contributed by atoms with E-state index in [1.807, 2.05) is 18.2 Å². The highest BCUT2D eigenvalue weighted by Gasteiger charge is 2.53. The van der Waals surface area contributed by atoms with Crippen LogP contribution in [-0.4, -0.2) is 19.9 Å². The van der Waals surface area contributed by atoms with Crippen molar-refractivity contribution < 1.29 is 0 Å². The van der Waals surface area contributed by atoms with Crippen LogP contribution in [0.5, 0.6) is 0 Å². The van der Waals surface area contributed by atoms with Gasteiger partial charge in [-0.05, 0) is 113 Å². The van der Waals surface area contributed by atoms with E-state index in [0.717, 1.165) is 11.1 Å². The molecule has 0 fully saturated rings. The Bertz CT molecular complexity index is 3440. The van der Waals surface area contributed by atoms with Crippen molar-refractivity contribution in [3.8, 4) is 78.8 Å². The fourth-order valence-corrected chi connectivity index (χ4v) is 11.7. The van der Waals surface area contributed by atoms with Crippen molar-refractivity contribution in [1.29, 1.82) is 0 Å². The molecule has 286 valence electrons. The lowest BCUT2D eigenvalue weighted by Gasteiger charge is -2.30. The van der Waals surface area contributed by atoms with Crippen LogP contribution in [-0.2, 0) is 10.8 Å². The zero-order chi connectivity index (χ0) is 40.6. The number of rotatable bonds is 3. The van der Waals surface area contributed by atoms with Gasteiger partial charge >= 0.3 is 0 Å². The maximum absolute atomic E-state index is 5.37. The quantitative estimate of drug-likeness (QED) is 0.179. The van der Waals surface area contributed by atoms with E-state index in [-0.39, 0.29) is 0 Å². The Balaban J connectivity index is 0.987. The highest BCUT2D eigenvalue weighted by Crippen LogP contribution is 2.64. The minimum absolute atomic E-state index is 0.420. The molecule has 2 aromatic heterocycles. The zero-order valence-corrected chi connectivity index (χ0v) is 33.4. The molecule has 8 aromatic carbocycles. The smallest absolute Gasteiger partial charge is 0.182 e. The van der Waals surface area contributed by atoms with Crippen LogP contribution >= 0.6 is 0 Å². The van der Waals surface area contributed by atoms with E-state index < -0.39 is 10.8 Å². The van der Waals surface area contributed by atoms with Crippen LogP contribution < -0.4 is 0 Å². The van der Waals surface area contributed by atoms with Crippen LogP contribution in [0.1, 0.15) is 44.5 Å². The van der Waals surface area contributed by atoms with Crippen LogP contribution in [0.25, 0.3) is 78.8 Å². The summed E-state index contributed by atoms with van der Waals surface area (Å²) in [6.07, 6.45) is 1.80. The average molecular weight is 787 g/mol. The summed E-state index contributed by atoms with van der Waals surface area (Å²) in [5.41, 5.74) is 22.1. The van der Waals surface area contributed by atoms with E-state index in [0.29, 0.717) is 23.2 Å². The SMILES string of the molecule is c1ccc(-c2nc(-c3ccc4c(c3)-c3ccccc3C43c4ccccc4-c4ccccc43)nc(-c3ccc4c(c3)C3(c5ccccc5-c5ccccc53)c3ccccc3-4)n2)nc1. The molecule has 10 aromatic rings. The van der Waals surface area contributed by atoms with Gasteiger partial charge in [0, 0.05) is 17.3 Å². The average Bonchev–Trinajstić information content (AvgIpc) is 4.03. The Labute approximate surface area is 359 Å². The van der Waals surface area contributed by atoms with E-state index in [2.05, 4.69) is 182 Å². The van der Waals surface area contributed by atoms with Gasteiger partial charge in [-0.1, -0.05) is 176 Å². The van der Waals surface area contributed by atoms with Gasteiger partial charge in [0.05, 0.1) is 10.8 Å². The van der Waals surface area contributed by atoms with Gasteiger partial charge in [-0.3, -0.25) is 4.98 Å². The Morgan fingerprint density at radius 1 is 0.258 bits per heavy atom. The first-order chi connectivity index (χ1) is 30.7. The second-order valence-electron chi connectivity index (χ2n) is 16.8. The Kier molecular flexibility index (Phi) is 6.66. The molecular weight excluding hydrogens is 753 g/mol. The number of hydrogen-bond acceptors (Lipinski definition) is 4. The second-order valence-corrected chi connectivity index (χ2v) is 16.8. The van der Waals surface area contributed by atoms with Crippen LogP contribution in [0.2, 0.25) is 0 Å². The maximum atomic E-state index is 5.37. The molecule has 2 heterocycles. The molecule has 4 heteroatoms. The van der Waals surface area contributed by atoms with Crippen molar-refractivity contribution in [1.82, 2.24) is 19.9 Å². The summed E-state index contributed by atoms with van der Waals surface area (Å²) in [6.45, 7) is 0. The third kappa shape index (κ3) is 4.16. The highest BCUT2D eigenvalue weighted by molar-refractivity contribution is 5.97. The number of benzene rings is 8. The standard InChI is InChI=1S/C58H34N4/c1-7-21-45-37(15-1)38-16-2-8-22-46(38)57(45)50-26-12-6-20-42(50)44-33-35(29-31-51(44)57)54-60-55(62-56(61-54)53-27-13-14-32-59-53)36-28-30-43-41-19-5-11-25-49(41)58(52(43)34-36)47-23-9-3-17-39(47)40-18-4-10-24-48(40)58/h1-34H. The van der Waals surface area contributed by atoms with E-state index in [4.69, 9.17) is 19.9 Å². The molecule has 4 aliphatic rings. The van der Waals surface area contributed by atoms with Crippen molar-refractivity contribution in [2.24, 2.45) is 0 Å². The molecule has 0 N–H and O–H groups in total. The van der Waals surface area contributed by atoms with Gasteiger partial charge in [0.25, 0.3) is 0 Å². The topological polar surface area (TPSA) is 51.6 Å². The van der Waals surface area contributed by atoms with Gasteiger partial charge in [0.15, 0.2) is 17.5 Å². The molecule has 0 saturated heterocycles. The van der Waals surface area contributed by atoms with Crippen LogP contribution in [0, 0.1) is 0 Å². The summed E-state index contributed by atoms with van der Waals surface area (Å²) in [5.74, 6) is 1.76. The van der Waals surface area contributed by atoms with Gasteiger partial charge in [-0.15, -0.1) is 0 Å². The third-order valence-corrected chi connectivity index (χ3v) is 14.0. The predicted molar refractivity (Wildman–Crippen MR) is 247 cm³/mol. The monoisotopic (exact) mass is 786 g/mol. The van der Waals surface area contributed by atoms with Crippen LogP contribution in [0.4, 0.5) is 0 Å². The van der Waals surface area contributed by atoms with Gasteiger partial charge in [-0.2, -0.15) is 0 Å². The van der Waals surface area contributed by atoms with E-state index >= 15 is 0 Å². The fraction of sp³-hybridized carbons (Fsp3) is 0.0345. The molecule has 0 aliphatic heterocycles. The summed E-state index contributed by atoms with van der Waals surface area (Å²) >= 11 is 0. The third-order valence-electron chi connectivity index (χ3n) is 14.0. The largest absolute Gasteiger partial charge is 0.253 e. The molecule has 4 nitrogen and oxygen atoms in total. The second kappa shape index (κ2) is 12.2. The van der Waals surface area contributed by atoms with Crippen LogP contribution in [0.15, 0.2) is 206 Å². The molecule has 4 aliphatic carbocycles. The van der Waals surface area contributed by atoms with E-state index in [1.54, 1.807) is 6.20 Å². The molecule has 62 heavy (non-hydrogen) atoms. The summed E-state index contributed by atoms with van der Waals surface area (Å²) in [5, 5.41) is 0. The summed E-state index contributed by atoms with van der Waals surface area (Å²) in [4.78, 5) is 20.5. The molecule has 0 bridgehead atoms.